The molecule has 27 heavy (non-hydrogen) atoms. The van der Waals surface area contributed by atoms with Crippen LogP contribution in [0, 0.1) is 0 Å². The van der Waals surface area contributed by atoms with Gasteiger partial charge in [-0.3, -0.25) is 0 Å². The minimum Gasteiger partial charge on any atom is -0.493 e. The summed E-state index contributed by atoms with van der Waals surface area (Å²) in [6.07, 6.45) is 3.03. The molecule has 1 saturated carbocycles. The summed E-state index contributed by atoms with van der Waals surface area (Å²) < 4.78 is 18.1. The molecule has 146 valence electrons. The molecule has 2 aromatic rings. The van der Waals surface area contributed by atoms with E-state index in [2.05, 4.69) is 22.2 Å². The van der Waals surface area contributed by atoms with E-state index in [4.69, 9.17) is 43.1 Å². The third kappa shape index (κ3) is 5.05. The number of rotatable bonds is 8. The molecular formula is C19H20BrCl2NO3S. The van der Waals surface area contributed by atoms with Crippen molar-refractivity contribution in [2.24, 2.45) is 5.73 Å². The van der Waals surface area contributed by atoms with Gasteiger partial charge in [-0.1, -0.05) is 45.2 Å². The van der Waals surface area contributed by atoms with Gasteiger partial charge in [0.2, 0.25) is 0 Å². The largest absolute Gasteiger partial charge is 0.493 e. The molecule has 2 aromatic carbocycles. The number of hydrogen-bond donors (Lipinski definition) is 1. The Bertz CT molecular complexity index is 816. The van der Waals surface area contributed by atoms with Gasteiger partial charge in [0, 0.05) is 10.2 Å². The SMILES string of the molecule is COc1ccc(COC2CC2(N)CSC)cc1Oc1c(Cl)cc(Br)cc1Cl. The van der Waals surface area contributed by atoms with E-state index in [1.807, 2.05) is 18.2 Å². The second-order valence-electron chi connectivity index (χ2n) is 6.46. The maximum Gasteiger partial charge on any atom is 0.169 e. The zero-order valence-corrected chi connectivity index (χ0v) is 18.8. The minimum atomic E-state index is -0.205. The molecule has 1 fully saturated rings. The number of thioether (sulfide) groups is 1. The van der Waals surface area contributed by atoms with Crippen LogP contribution in [-0.2, 0) is 11.3 Å². The number of nitrogens with two attached hydrogens (primary N) is 1. The highest BCUT2D eigenvalue weighted by atomic mass is 79.9. The van der Waals surface area contributed by atoms with Crippen LogP contribution in [0.5, 0.6) is 17.2 Å². The second kappa shape index (κ2) is 8.80. The lowest BCUT2D eigenvalue weighted by atomic mass is 10.2. The molecule has 4 nitrogen and oxygen atoms in total. The molecule has 0 saturated heterocycles. The van der Waals surface area contributed by atoms with Gasteiger partial charge < -0.3 is 19.9 Å². The molecular weight excluding hydrogens is 473 g/mol. The van der Waals surface area contributed by atoms with Crippen molar-refractivity contribution in [3.05, 3.63) is 50.4 Å². The molecule has 0 radical (unpaired) electrons. The fraction of sp³-hybridized carbons (Fsp3) is 0.368. The lowest BCUT2D eigenvalue weighted by molar-refractivity contribution is 0.0930. The van der Waals surface area contributed by atoms with Gasteiger partial charge in [-0.2, -0.15) is 11.8 Å². The Morgan fingerprint density at radius 1 is 1.22 bits per heavy atom. The summed E-state index contributed by atoms with van der Waals surface area (Å²) in [5.41, 5.74) is 7.01. The summed E-state index contributed by atoms with van der Waals surface area (Å²) in [5.74, 6) is 2.37. The first kappa shape index (κ1) is 21.1. The van der Waals surface area contributed by atoms with Gasteiger partial charge in [0.05, 0.1) is 35.4 Å². The van der Waals surface area contributed by atoms with Crippen molar-refractivity contribution in [2.45, 2.75) is 24.7 Å². The van der Waals surface area contributed by atoms with E-state index in [0.717, 1.165) is 22.2 Å². The Balaban J connectivity index is 1.75. The number of methoxy groups -OCH3 is 1. The van der Waals surface area contributed by atoms with Crippen molar-refractivity contribution < 1.29 is 14.2 Å². The fourth-order valence-electron chi connectivity index (χ4n) is 2.76. The molecule has 1 aliphatic carbocycles. The first-order valence-corrected chi connectivity index (χ1v) is 11.2. The molecule has 3 rings (SSSR count). The number of halogens is 3. The fourth-order valence-corrected chi connectivity index (χ4v) is 4.88. The van der Waals surface area contributed by atoms with Crippen molar-refractivity contribution >= 4 is 50.9 Å². The highest BCUT2D eigenvalue weighted by Gasteiger charge is 2.51. The Hall–Kier alpha value is -0.630. The number of ether oxygens (including phenoxy) is 3. The molecule has 0 spiro atoms. The van der Waals surface area contributed by atoms with Crippen LogP contribution in [0.3, 0.4) is 0 Å². The van der Waals surface area contributed by atoms with Crippen molar-refractivity contribution in [2.75, 3.05) is 19.1 Å². The van der Waals surface area contributed by atoms with Crippen molar-refractivity contribution in [1.82, 2.24) is 0 Å². The molecule has 0 aliphatic heterocycles. The van der Waals surface area contributed by atoms with E-state index in [1.54, 1.807) is 31.0 Å². The van der Waals surface area contributed by atoms with E-state index in [-0.39, 0.29) is 11.6 Å². The molecule has 0 amide bonds. The smallest absolute Gasteiger partial charge is 0.169 e. The second-order valence-corrected chi connectivity index (χ2v) is 9.05. The van der Waals surface area contributed by atoms with Crippen LogP contribution in [0.15, 0.2) is 34.8 Å². The summed E-state index contributed by atoms with van der Waals surface area (Å²) >= 11 is 17.6. The van der Waals surface area contributed by atoms with Gasteiger partial charge in [0.1, 0.15) is 0 Å². The number of benzene rings is 2. The van der Waals surface area contributed by atoms with Crippen LogP contribution >= 0.6 is 50.9 Å². The van der Waals surface area contributed by atoms with E-state index >= 15 is 0 Å². The van der Waals surface area contributed by atoms with Crippen LogP contribution in [0.4, 0.5) is 0 Å². The van der Waals surface area contributed by atoms with Gasteiger partial charge in [0.25, 0.3) is 0 Å². The monoisotopic (exact) mass is 491 g/mol. The summed E-state index contributed by atoms with van der Waals surface area (Å²) in [5, 5.41) is 0.807. The molecule has 0 heterocycles. The topological polar surface area (TPSA) is 53.7 Å². The average molecular weight is 493 g/mol. The zero-order valence-electron chi connectivity index (χ0n) is 14.9. The van der Waals surface area contributed by atoms with Crippen LogP contribution in [-0.4, -0.2) is 30.8 Å². The van der Waals surface area contributed by atoms with E-state index in [0.29, 0.717) is 33.9 Å². The predicted octanol–water partition coefficient (Wildman–Crippen LogP) is 5.91. The van der Waals surface area contributed by atoms with Gasteiger partial charge in [0.15, 0.2) is 17.2 Å². The van der Waals surface area contributed by atoms with Crippen molar-refractivity contribution in [1.29, 1.82) is 0 Å². The average Bonchev–Trinajstić information content (AvgIpc) is 3.26. The Labute approximate surface area is 181 Å². The summed E-state index contributed by atoms with van der Waals surface area (Å²) in [6, 6.07) is 9.08. The van der Waals surface area contributed by atoms with Crippen LogP contribution in [0.2, 0.25) is 10.0 Å². The molecule has 2 N–H and O–H groups in total. The first-order chi connectivity index (χ1) is 12.9. The molecule has 0 bridgehead atoms. The standard InChI is InChI=1S/C19H20BrCl2NO3S/c1-24-15-4-3-11(9-25-17-8-19(17,23)10-27-2)5-16(15)26-18-13(21)6-12(20)7-14(18)22/h3-7,17H,8-10,23H2,1-2H3. The third-order valence-corrected chi connectivity index (χ3v) is 6.16. The predicted molar refractivity (Wildman–Crippen MR) is 116 cm³/mol. The first-order valence-electron chi connectivity index (χ1n) is 8.25. The quantitative estimate of drug-likeness (QED) is 0.496. The van der Waals surface area contributed by atoms with Crippen molar-refractivity contribution in [3.63, 3.8) is 0 Å². The Morgan fingerprint density at radius 3 is 2.56 bits per heavy atom. The summed E-state index contributed by atoms with van der Waals surface area (Å²) in [6.45, 7) is 0.445. The normalized spacial score (nSPS) is 21.2. The molecule has 1 aliphatic rings. The number of hydrogen-bond acceptors (Lipinski definition) is 5. The van der Waals surface area contributed by atoms with Crippen LogP contribution < -0.4 is 15.2 Å². The minimum absolute atomic E-state index is 0.0896. The molecule has 0 aromatic heterocycles. The lowest BCUT2D eigenvalue weighted by Gasteiger charge is -2.15. The molecule has 2 unspecified atom stereocenters. The Kier molecular flexibility index (Phi) is 6.88. The van der Waals surface area contributed by atoms with E-state index < -0.39 is 0 Å². The molecule has 8 heteroatoms. The van der Waals surface area contributed by atoms with Crippen LogP contribution in [0.1, 0.15) is 12.0 Å². The van der Waals surface area contributed by atoms with Gasteiger partial charge >= 0.3 is 0 Å². The van der Waals surface area contributed by atoms with Crippen LogP contribution in [0.25, 0.3) is 0 Å². The van der Waals surface area contributed by atoms with Crippen molar-refractivity contribution in [3.8, 4) is 17.2 Å². The lowest BCUT2D eigenvalue weighted by Crippen LogP contribution is -2.30. The maximum absolute atomic E-state index is 6.27. The van der Waals surface area contributed by atoms with E-state index in [1.165, 1.54) is 0 Å². The maximum atomic E-state index is 6.27. The van der Waals surface area contributed by atoms with Gasteiger partial charge in [-0.25, -0.2) is 0 Å². The third-order valence-electron chi connectivity index (χ3n) is 4.31. The highest BCUT2D eigenvalue weighted by molar-refractivity contribution is 9.10. The zero-order chi connectivity index (χ0) is 19.6. The Morgan fingerprint density at radius 2 is 1.93 bits per heavy atom. The molecule has 2 atom stereocenters. The van der Waals surface area contributed by atoms with Gasteiger partial charge in [-0.15, -0.1) is 0 Å². The summed E-state index contributed by atoms with van der Waals surface area (Å²) in [4.78, 5) is 0. The van der Waals surface area contributed by atoms with E-state index in [9.17, 15) is 0 Å². The van der Waals surface area contributed by atoms with Gasteiger partial charge in [-0.05, 0) is 42.5 Å². The summed E-state index contributed by atoms with van der Waals surface area (Å²) in [7, 11) is 1.58. The highest BCUT2D eigenvalue weighted by Crippen LogP contribution is 2.42.